The number of rotatable bonds is 5. The molecule has 0 bridgehead atoms. The topological polar surface area (TPSA) is 84.3 Å². The zero-order valence-electron chi connectivity index (χ0n) is 23.1. The maximum Gasteiger partial charge on any atom is 0.274 e. The highest BCUT2D eigenvalue weighted by Crippen LogP contribution is 2.57. The van der Waals surface area contributed by atoms with Gasteiger partial charge in [-0.15, -0.1) is 0 Å². The van der Waals surface area contributed by atoms with Gasteiger partial charge >= 0.3 is 0 Å². The molecule has 1 aliphatic heterocycles. The SMILES string of the molecule is Cc1cnc(-c2cccc(C(=O)N(C)C)c2F)cc1-n1c(C)cc([C@H]2C[C@@H]2c2cccc3c2CNC3=O)c(Cl)c1=O. The molecule has 0 unspecified atom stereocenters. The van der Waals surface area contributed by atoms with Crippen LogP contribution in [0.4, 0.5) is 4.39 Å². The molecule has 2 aromatic heterocycles. The Morgan fingerprint density at radius 2 is 1.76 bits per heavy atom. The van der Waals surface area contributed by atoms with Gasteiger partial charge in [0.05, 0.1) is 16.9 Å². The number of nitrogens with zero attached hydrogens (tertiary/aromatic N) is 3. The second-order valence-corrected chi connectivity index (χ2v) is 11.3. The van der Waals surface area contributed by atoms with Crippen molar-refractivity contribution < 1.29 is 14.0 Å². The lowest BCUT2D eigenvalue weighted by Crippen LogP contribution is -2.23. The van der Waals surface area contributed by atoms with Gasteiger partial charge in [0.25, 0.3) is 17.4 Å². The Labute approximate surface area is 241 Å². The number of carbonyl (C=O) groups excluding carboxylic acids is 2. The van der Waals surface area contributed by atoms with Crippen molar-refractivity contribution in [2.75, 3.05) is 14.1 Å². The van der Waals surface area contributed by atoms with E-state index in [2.05, 4.69) is 10.3 Å². The summed E-state index contributed by atoms with van der Waals surface area (Å²) < 4.78 is 17.0. The Balaban J connectivity index is 1.38. The molecule has 4 aromatic rings. The van der Waals surface area contributed by atoms with E-state index in [1.807, 2.05) is 38.1 Å². The molecule has 7 nitrogen and oxygen atoms in total. The largest absolute Gasteiger partial charge is 0.348 e. The number of pyridine rings is 2. The van der Waals surface area contributed by atoms with E-state index in [4.69, 9.17) is 11.6 Å². The molecular formula is C32H28ClFN4O3. The molecule has 3 heterocycles. The first-order valence-corrected chi connectivity index (χ1v) is 13.8. The summed E-state index contributed by atoms with van der Waals surface area (Å²) in [5, 5.41) is 3.04. The molecule has 9 heteroatoms. The highest BCUT2D eigenvalue weighted by atomic mass is 35.5. The number of aryl methyl sites for hydroxylation is 2. The van der Waals surface area contributed by atoms with Gasteiger partial charge in [0.15, 0.2) is 0 Å². The highest BCUT2D eigenvalue weighted by molar-refractivity contribution is 6.31. The minimum Gasteiger partial charge on any atom is -0.348 e. The molecular weight excluding hydrogens is 543 g/mol. The maximum absolute atomic E-state index is 15.5. The van der Waals surface area contributed by atoms with Gasteiger partial charge in [0.2, 0.25) is 0 Å². The van der Waals surface area contributed by atoms with E-state index in [1.54, 1.807) is 38.5 Å². The molecule has 41 heavy (non-hydrogen) atoms. The van der Waals surface area contributed by atoms with Crippen molar-refractivity contribution in [1.82, 2.24) is 19.8 Å². The fourth-order valence-electron chi connectivity index (χ4n) is 5.85. The van der Waals surface area contributed by atoms with Crippen LogP contribution in [0.25, 0.3) is 16.9 Å². The molecule has 1 fully saturated rings. The van der Waals surface area contributed by atoms with Gasteiger partial charge in [-0.2, -0.15) is 0 Å². The number of halogens is 2. The minimum absolute atomic E-state index is 0.0552. The molecule has 0 saturated heterocycles. The van der Waals surface area contributed by atoms with Crippen molar-refractivity contribution in [1.29, 1.82) is 0 Å². The van der Waals surface area contributed by atoms with Crippen molar-refractivity contribution in [2.24, 2.45) is 0 Å². The van der Waals surface area contributed by atoms with Crippen LogP contribution in [-0.4, -0.2) is 40.4 Å². The van der Waals surface area contributed by atoms with Crippen molar-refractivity contribution in [3.05, 3.63) is 115 Å². The van der Waals surface area contributed by atoms with E-state index in [0.29, 0.717) is 34.7 Å². The van der Waals surface area contributed by atoms with Gasteiger partial charge in [-0.05, 0) is 84.7 Å². The zero-order valence-corrected chi connectivity index (χ0v) is 23.8. The number of nitrogens with one attached hydrogen (secondary N) is 1. The molecule has 1 saturated carbocycles. The molecule has 208 valence electrons. The first-order valence-electron chi connectivity index (χ1n) is 13.4. The van der Waals surface area contributed by atoms with Crippen LogP contribution in [0, 0.1) is 19.7 Å². The number of amides is 2. The predicted octanol–water partition coefficient (Wildman–Crippen LogP) is 5.53. The Bertz CT molecular complexity index is 1830. The Morgan fingerprint density at radius 3 is 2.51 bits per heavy atom. The van der Waals surface area contributed by atoms with Gasteiger partial charge in [0, 0.05) is 43.7 Å². The monoisotopic (exact) mass is 570 g/mol. The number of aromatic nitrogens is 2. The van der Waals surface area contributed by atoms with Crippen LogP contribution in [0.1, 0.15) is 66.9 Å². The number of fused-ring (bicyclic) bond motifs is 1. The average Bonchev–Trinajstić information content (AvgIpc) is 3.65. The molecule has 2 amide bonds. The third-order valence-corrected chi connectivity index (χ3v) is 8.44. The molecule has 2 aliphatic rings. The van der Waals surface area contributed by atoms with E-state index in [1.165, 1.54) is 15.5 Å². The Hall–Kier alpha value is -4.30. The third-order valence-electron chi connectivity index (χ3n) is 8.06. The van der Waals surface area contributed by atoms with Gasteiger partial charge in [0.1, 0.15) is 10.8 Å². The summed E-state index contributed by atoms with van der Waals surface area (Å²) in [6, 6.07) is 14.0. The normalized spacial score (nSPS) is 17.3. The second-order valence-electron chi connectivity index (χ2n) is 10.9. The van der Waals surface area contributed by atoms with Crippen molar-refractivity contribution in [2.45, 2.75) is 38.6 Å². The maximum atomic E-state index is 15.5. The third kappa shape index (κ3) is 4.43. The fourth-order valence-corrected chi connectivity index (χ4v) is 6.13. The summed E-state index contributed by atoms with van der Waals surface area (Å²) >= 11 is 6.75. The van der Waals surface area contributed by atoms with Crippen LogP contribution < -0.4 is 10.9 Å². The predicted molar refractivity (Wildman–Crippen MR) is 155 cm³/mol. The van der Waals surface area contributed by atoms with E-state index in [0.717, 1.165) is 23.1 Å². The summed E-state index contributed by atoms with van der Waals surface area (Å²) in [6.45, 7) is 4.18. The van der Waals surface area contributed by atoms with E-state index < -0.39 is 11.7 Å². The number of hydrogen-bond acceptors (Lipinski definition) is 4. The molecule has 6 rings (SSSR count). The molecule has 0 spiro atoms. The summed E-state index contributed by atoms with van der Waals surface area (Å²) in [5.74, 6) is -0.925. The second kappa shape index (κ2) is 9.96. The number of hydrogen-bond donors (Lipinski definition) is 1. The molecule has 2 atom stereocenters. The van der Waals surface area contributed by atoms with Crippen molar-refractivity contribution in [3.63, 3.8) is 0 Å². The summed E-state index contributed by atoms with van der Waals surface area (Å²) in [5.41, 5.74) is 5.62. The van der Waals surface area contributed by atoms with E-state index in [-0.39, 0.29) is 39.5 Å². The summed E-state index contributed by atoms with van der Waals surface area (Å²) in [7, 11) is 3.13. The molecule has 1 N–H and O–H groups in total. The van der Waals surface area contributed by atoms with Crippen LogP contribution in [0.5, 0.6) is 0 Å². The highest BCUT2D eigenvalue weighted by Gasteiger charge is 2.43. The van der Waals surface area contributed by atoms with Crippen LogP contribution in [0.15, 0.2) is 59.5 Å². The first kappa shape index (κ1) is 26.9. The standard InChI is InChI=1S/C32H28ClFN4O3/c1-16-14-35-26(20-9-6-10-21(29(20)34)31(40)37(3)4)13-27(16)38-17(2)11-24(28(33)32(38)41)23-12-22(23)18-7-5-8-19-25(18)15-36-30(19)39/h5-11,13-14,22-23H,12,15H2,1-4H3,(H,36,39)/t22-,23+/m1/s1. The van der Waals surface area contributed by atoms with Crippen LogP contribution in [-0.2, 0) is 6.54 Å². The van der Waals surface area contributed by atoms with Gasteiger partial charge in [-0.3, -0.25) is 23.9 Å². The number of carbonyl (C=O) groups is 2. The van der Waals surface area contributed by atoms with Crippen molar-refractivity contribution in [3.8, 4) is 16.9 Å². The fraction of sp³-hybridized carbons (Fsp3) is 0.250. The van der Waals surface area contributed by atoms with Crippen molar-refractivity contribution >= 4 is 23.4 Å². The summed E-state index contributed by atoms with van der Waals surface area (Å²) in [6.07, 6.45) is 2.42. The number of benzene rings is 2. The molecule has 2 aromatic carbocycles. The Morgan fingerprint density at radius 1 is 1.05 bits per heavy atom. The molecule has 0 radical (unpaired) electrons. The van der Waals surface area contributed by atoms with E-state index in [9.17, 15) is 14.4 Å². The van der Waals surface area contributed by atoms with Gasteiger partial charge in [-0.1, -0.05) is 29.8 Å². The Kier molecular flexibility index (Phi) is 6.53. The lowest BCUT2D eigenvalue weighted by Gasteiger charge is -2.17. The van der Waals surface area contributed by atoms with E-state index >= 15 is 4.39 Å². The van der Waals surface area contributed by atoms with Crippen LogP contribution in [0.2, 0.25) is 5.02 Å². The lowest BCUT2D eigenvalue weighted by atomic mass is 9.97. The van der Waals surface area contributed by atoms with Crippen LogP contribution >= 0.6 is 11.6 Å². The summed E-state index contributed by atoms with van der Waals surface area (Å²) in [4.78, 5) is 44.1. The lowest BCUT2D eigenvalue weighted by molar-refractivity contribution is 0.0822. The van der Waals surface area contributed by atoms with Crippen LogP contribution in [0.3, 0.4) is 0 Å². The quantitative estimate of drug-likeness (QED) is 0.342. The minimum atomic E-state index is -0.671. The molecule has 1 aliphatic carbocycles. The average molecular weight is 571 g/mol. The smallest absolute Gasteiger partial charge is 0.274 e. The van der Waals surface area contributed by atoms with Gasteiger partial charge in [-0.25, -0.2) is 4.39 Å². The first-order chi connectivity index (χ1) is 19.6. The van der Waals surface area contributed by atoms with Gasteiger partial charge < -0.3 is 10.2 Å². The zero-order chi connectivity index (χ0) is 29.2.